The van der Waals surface area contributed by atoms with E-state index >= 15 is 0 Å². The molecule has 2 N–H and O–H groups in total. The van der Waals surface area contributed by atoms with Crippen molar-refractivity contribution < 1.29 is 23.7 Å². The van der Waals surface area contributed by atoms with Gasteiger partial charge in [0.25, 0.3) is 11.5 Å². The standard InChI is InChI=1S/C28H27N3O7/c1-16(19-8-9-22-25(12-19)38-11-10-37-22)29-26(32)18-6-4-17(5-7-18)15-31-27(33)20-13-23(35-2)24(36-3)14-21(20)30-28(31)34/h4-9,12-14,16H,10-11,15H2,1-3H3,(H,29,32)(H,30,34)/t16-/m1/s1. The van der Waals surface area contributed by atoms with Crippen molar-refractivity contribution >= 4 is 16.8 Å². The molecule has 0 saturated heterocycles. The maximum Gasteiger partial charge on any atom is 0.329 e. The number of rotatable bonds is 7. The molecule has 1 aliphatic rings. The minimum absolute atomic E-state index is 0.0357. The highest BCUT2D eigenvalue weighted by molar-refractivity contribution is 5.94. The molecule has 196 valence electrons. The Bertz CT molecular complexity index is 1620. The third-order valence-electron chi connectivity index (χ3n) is 6.46. The monoisotopic (exact) mass is 517 g/mol. The summed E-state index contributed by atoms with van der Waals surface area (Å²) in [7, 11) is 2.95. The van der Waals surface area contributed by atoms with Gasteiger partial charge in [-0.15, -0.1) is 0 Å². The van der Waals surface area contributed by atoms with Crippen LogP contribution in [0.3, 0.4) is 0 Å². The van der Waals surface area contributed by atoms with Gasteiger partial charge in [-0.2, -0.15) is 0 Å². The Labute approximate surface area is 217 Å². The van der Waals surface area contributed by atoms with Crippen LogP contribution >= 0.6 is 0 Å². The van der Waals surface area contributed by atoms with E-state index in [0.29, 0.717) is 58.2 Å². The van der Waals surface area contributed by atoms with E-state index in [2.05, 4.69) is 10.3 Å². The summed E-state index contributed by atoms with van der Waals surface area (Å²) in [6.07, 6.45) is 0. The second-order valence-corrected chi connectivity index (χ2v) is 8.87. The van der Waals surface area contributed by atoms with Crippen LogP contribution < -0.4 is 35.5 Å². The summed E-state index contributed by atoms with van der Waals surface area (Å²) < 4.78 is 22.8. The molecule has 0 spiro atoms. The molecule has 2 heterocycles. The van der Waals surface area contributed by atoms with Gasteiger partial charge in [0.2, 0.25) is 0 Å². The topological polar surface area (TPSA) is 121 Å². The fraction of sp³-hybridized carbons (Fsp3) is 0.250. The minimum atomic E-state index is -0.551. The number of amides is 1. The van der Waals surface area contributed by atoms with Gasteiger partial charge in [0.05, 0.1) is 37.7 Å². The van der Waals surface area contributed by atoms with Gasteiger partial charge < -0.3 is 29.2 Å². The van der Waals surface area contributed by atoms with E-state index in [1.54, 1.807) is 36.4 Å². The molecular formula is C28H27N3O7. The summed E-state index contributed by atoms with van der Waals surface area (Å²) >= 11 is 0. The number of fused-ring (bicyclic) bond motifs is 2. The van der Waals surface area contributed by atoms with Gasteiger partial charge >= 0.3 is 5.69 Å². The van der Waals surface area contributed by atoms with Crippen molar-refractivity contribution in [1.29, 1.82) is 0 Å². The number of nitrogens with zero attached hydrogens (tertiary/aromatic N) is 1. The lowest BCUT2D eigenvalue weighted by Crippen LogP contribution is -2.35. The highest BCUT2D eigenvalue weighted by Crippen LogP contribution is 2.33. The van der Waals surface area contributed by atoms with E-state index in [9.17, 15) is 14.4 Å². The number of hydrogen-bond donors (Lipinski definition) is 2. The second-order valence-electron chi connectivity index (χ2n) is 8.87. The SMILES string of the molecule is COc1cc2[nH]c(=O)n(Cc3ccc(C(=O)N[C@H](C)c4ccc5c(c4)OCCO5)cc3)c(=O)c2cc1OC. The molecule has 0 aliphatic carbocycles. The van der Waals surface area contributed by atoms with Gasteiger partial charge in [-0.05, 0) is 48.4 Å². The quantitative estimate of drug-likeness (QED) is 0.387. The first-order valence-corrected chi connectivity index (χ1v) is 12.1. The van der Waals surface area contributed by atoms with Gasteiger partial charge in [-0.1, -0.05) is 18.2 Å². The molecule has 0 saturated carbocycles. The summed E-state index contributed by atoms with van der Waals surface area (Å²) in [5, 5.41) is 3.28. The first kappa shape index (κ1) is 24.9. The van der Waals surface area contributed by atoms with Crippen LogP contribution in [0.5, 0.6) is 23.0 Å². The molecule has 38 heavy (non-hydrogen) atoms. The first-order chi connectivity index (χ1) is 18.4. The largest absolute Gasteiger partial charge is 0.493 e. The molecular weight excluding hydrogens is 490 g/mol. The third-order valence-corrected chi connectivity index (χ3v) is 6.46. The average Bonchev–Trinajstić information content (AvgIpc) is 2.94. The van der Waals surface area contributed by atoms with Crippen LogP contribution in [0.15, 0.2) is 64.2 Å². The van der Waals surface area contributed by atoms with Crippen molar-refractivity contribution in [3.05, 3.63) is 92.1 Å². The van der Waals surface area contributed by atoms with E-state index in [0.717, 1.165) is 10.1 Å². The van der Waals surface area contributed by atoms with Crippen molar-refractivity contribution in [3.63, 3.8) is 0 Å². The third kappa shape index (κ3) is 4.80. The van der Waals surface area contributed by atoms with Crippen molar-refractivity contribution in [1.82, 2.24) is 14.9 Å². The number of carbonyl (C=O) groups is 1. The van der Waals surface area contributed by atoms with Crippen LogP contribution in [0.25, 0.3) is 10.9 Å². The van der Waals surface area contributed by atoms with Gasteiger partial charge in [0, 0.05) is 11.6 Å². The predicted octanol–water partition coefficient (Wildman–Crippen LogP) is 3.02. The number of ether oxygens (including phenoxy) is 4. The highest BCUT2D eigenvalue weighted by atomic mass is 16.6. The summed E-state index contributed by atoms with van der Waals surface area (Å²) in [5.74, 6) is 1.90. The van der Waals surface area contributed by atoms with Crippen LogP contribution in [-0.2, 0) is 6.54 Å². The Morgan fingerprint density at radius 1 is 0.974 bits per heavy atom. The number of hydrogen-bond acceptors (Lipinski definition) is 7. The van der Waals surface area contributed by atoms with Crippen LogP contribution in [-0.4, -0.2) is 42.9 Å². The maximum absolute atomic E-state index is 13.1. The summed E-state index contributed by atoms with van der Waals surface area (Å²) in [5.41, 5.74) is 1.38. The van der Waals surface area contributed by atoms with Crippen molar-refractivity contribution in [2.75, 3.05) is 27.4 Å². The lowest BCUT2D eigenvalue weighted by atomic mass is 10.1. The Morgan fingerprint density at radius 2 is 1.66 bits per heavy atom. The molecule has 0 unspecified atom stereocenters. The van der Waals surface area contributed by atoms with Gasteiger partial charge in [-0.25, -0.2) is 4.79 Å². The molecule has 4 aromatic rings. The van der Waals surface area contributed by atoms with Gasteiger partial charge in [0.15, 0.2) is 23.0 Å². The van der Waals surface area contributed by atoms with Crippen LogP contribution in [0.1, 0.15) is 34.5 Å². The Morgan fingerprint density at radius 3 is 2.37 bits per heavy atom. The molecule has 1 amide bonds. The van der Waals surface area contributed by atoms with Crippen molar-refractivity contribution in [3.8, 4) is 23.0 Å². The molecule has 10 nitrogen and oxygen atoms in total. The summed E-state index contributed by atoms with van der Waals surface area (Å²) in [4.78, 5) is 41.4. The van der Waals surface area contributed by atoms with Crippen LogP contribution in [0.4, 0.5) is 0 Å². The Balaban J connectivity index is 1.32. The zero-order valence-corrected chi connectivity index (χ0v) is 21.2. The van der Waals surface area contributed by atoms with Crippen LogP contribution in [0, 0.1) is 0 Å². The fourth-order valence-electron chi connectivity index (χ4n) is 4.36. The molecule has 10 heteroatoms. The van der Waals surface area contributed by atoms with E-state index in [1.807, 2.05) is 25.1 Å². The molecule has 0 fully saturated rings. The molecule has 1 aromatic heterocycles. The smallest absolute Gasteiger partial charge is 0.329 e. The molecule has 0 radical (unpaired) electrons. The zero-order chi connectivity index (χ0) is 26.8. The number of methoxy groups -OCH3 is 2. The molecule has 1 aliphatic heterocycles. The van der Waals surface area contributed by atoms with Crippen LogP contribution in [0.2, 0.25) is 0 Å². The first-order valence-electron chi connectivity index (χ1n) is 12.1. The second kappa shape index (κ2) is 10.3. The molecule has 5 rings (SSSR count). The Hall–Kier alpha value is -4.73. The summed E-state index contributed by atoms with van der Waals surface area (Å²) in [6, 6.07) is 15.2. The highest BCUT2D eigenvalue weighted by Gasteiger charge is 2.17. The number of aromatic nitrogens is 2. The number of nitrogens with one attached hydrogen (secondary N) is 2. The van der Waals surface area contributed by atoms with Gasteiger partial charge in [-0.3, -0.25) is 14.2 Å². The maximum atomic E-state index is 13.1. The van der Waals surface area contributed by atoms with E-state index < -0.39 is 11.2 Å². The molecule has 3 aromatic carbocycles. The fourth-order valence-corrected chi connectivity index (χ4v) is 4.36. The van der Waals surface area contributed by atoms with E-state index in [1.165, 1.54) is 14.2 Å². The minimum Gasteiger partial charge on any atom is -0.493 e. The zero-order valence-electron chi connectivity index (χ0n) is 21.2. The van der Waals surface area contributed by atoms with E-state index in [4.69, 9.17) is 18.9 Å². The van der Waals surface area contributed by atoms with Crippen molar-refractivity contribution in [2.24, 2.45) is 0 Å². The number of aromatic amines is 1. The average molecular weight is 518 g/mol. The number of benzene rings is 3. The number of carbonyl (C=O) groups excluding carboxylic acids is 1. The predicted molar refractivity (Wildman–Crippen MR) is 141 cm³/mol. The lowest BCUT2D eigenvalue weighted by Gasteiger charge is -2.21. The lowest BCUT2D eigenvalue weighted by molar-refractivity contribution is 0.0939. The van der Waals surface area contributed by atoms with E-state index in [-0.39, 0.29) is 18.5 Å². The number of H-pyrrole nitrogens is 1. The van der Waals surface area contributed by atoms with Gasteiger partial charge in [0.1, 0.15) is 13.2 Å². The normalized spacial score (nSPS) is 13.1. The molecule has 1 atom stereocenters. The Kier molecular flexibility index (Phi) is 6.78. The van der Waals surface area contributed by atoms with Crippen molar-refractivity contribution in [2.45, 2.75) is 19.5 Å². The molecule has 0 bridgehead atoms. The summed E-state index contributed by atoms with van der Waals surface area (Å²) in [6.45, 7) is 2.93.